The number of aliphatic carboxylic acids is 1. The lowest BCUT2D eigenvalue weighted by molar-refractivity contribution is -0.143. The minimum atomic E-state index is -0.806. The minimum Gasteiger partial charge on any atom is -0.481 e. The van der Waals surface area contributed by atoms with E-state index >= 15 is 0 Å². The number of amides is 1. The van der Waals surface area contributed by atoms with Gasteiger partial charge in [0.15, 0.2) is 0 Å². The Balaban J connectivity index is 2.04. The van der Waals surface area contributed by atoms with Gasteiger partial charge in [-0.15, -0.1) is 11.3 Å². The summed E-state index contributed by atoms with van der Waals surface area (Å²) in [4.78, 5) is 24.8. The Kier molecular flexibility index (Phi) is 6.26. The van der Waals surface area contributed by atoms with E-state index in [9.17, 15) is 14.7 Å². The predicted molar refractivity (Wildman–Crippen MR) is 88.5 cm³/mol. The summed E-state index contributed by atoms with van der Waals surface area (Å²) in [6.45, 7) is 1.83. The average molecular weight is 344 g/mol. The Morgan fingerprint density at radius 2 is 1.95 bits per heavy atom. The number of carbonyl (C=O) groups excluding carboxylic acids is 1. The van der Waals surface area contributed by atoms with E-state index in [0.29, 0.717) is 10.8 Å². The fourth-order valence-electron chi connectivity index (χ4n) is 2.95. The molecule has 1 aromatic rings. The zero-order valence-corrected chi connectivity index (χ0v) is 14.3. The number of nitrogens with one attached hydrogen (secondary N) is 1. The molecule has 6 heteroatoms. The Labute approximate surface area is 139 Å². The van der Waals surface area contributed by atoms with Gasteiger partial charge in [0.1, 0.15) is 0 Å². The number of carboxylic acids is 1. The summed E-state index contributed by atoms with van der Waals surface area (Å²) >= 11 is 7.30. The average Bonchev–Trinajstić information content (AvgIpc) is 2.87. The van der Waals surface area contributed by atoms with E-state index in [1.54, 1.807) is 6.07 Å². The van der Waals surface area contributed by atoms with Crippen molar-refractivity contribution in [2.45, 2.75) is 57.4 Å². The highest BCUT2D eigenvalue weighted by Gasteiger charge is 2.31. The molecule has 22 heavy (non-hydrogen) atoms. The first kappa shape index (κ1) is 17.3. The van der Waals surface area contributed by atoms with Crippen molar-refractivity contribution < 1.29 is 14.7 Å². The summed E-state index contributed by atoms with van der Waals surface area (Å²) in [6, 6.07) is 3.36. The molecule has 4 nitrogen and oxygen atoms in total. The first-order chi connectivity index (χ1) is 10.5. The van der Waals surface area contributed by atoms with Gasteiger partial charge in [-0.05, 0) is 31.9 Å². The minimum absolute atomic E-state index is 0.115. The highest BCUT2D eigenvalue weighted by Crippen LogP contribution is 2.29. The standard InChI is InChI=1S/C16H22ClNO3S/c1-10(13-8-9-14(17)22-13)15(19)18-12-7-5-3-2-4-6-11(12)16(20)21/h8-12H,2-7H2,1H3,(H,18,19)(H,20,21). The van der Waals surface area contributed by atoms with E-state index in [-0.39, 0.29) is 17.9 Å². The Morgan fingerprint density at radius 1 is 1.27 bits per heavy atom. The van der Waals surface area contributed by atoms with E-state index in [0.717, 1.165) is 37.0 Å². The van der Waals surface area contributed by atoms with Gasteiger partial charge in [-0.25, -0.2) is 0 Å². The number of carbonyl (C=O) groups is 2. The highest BCUT2D eigenvalue weighted by atomic mass is 35.5. The van der Waals surface area contributed by atoms with Gasteiger partial charge in [0.2, 0.25) is 5.91 Å². The van der Waals surface area contributed by atoms with Crippen LogP contribution in [0.1, 0.15) is 56.2 Å². The van der Waals surface area contributed by atoms with Crippen LogP contribution >= 0.6 is 22.9 Å². The molecule has 2 rings (SSSR count). The van der Waals surface area contributed by atoms with E-state index in [1.807, 2.05) is 13.0 Å². The van der Waals surface area contributed by atoms with Crippen LogP contribution in [0.15, 0.2) is 12.1 Å². The summed E-state index contributed by atoms with van der Waals surface area (Å²) in [5.74, 6) is -1.71. The summed E-state index contributed by atoms with van der Waals surface area (Å²) in [5.41, 5.74) is 0. The quantitative estimate of drug-likeness (QED) is 0.866. The second kappa shape index (κ2) is 7.97. The van der Waals surface area contributed by atoms with Crippen LogP contribution in [0, 0.1) is 5.92 Å². The van der Waals surface area contributed by atoms with Crippen molar-refractivity contribution in [2.24, 2.45) is 5.92 Å². The number of rotatable bonds is 4. The van der Waals surface area contributed by atoms with Crippen molar-refractivity contribution in [2.75, 3.05) is 0 Å². The Morgan fingerprint density at radius 3 is 2.55 bits per heavy atom. The molecule has 1 aliphatic carbocycles. The molecular formula is C16H22ClNO3S. The van der Waals surface area contributed by atoms with E-state index in [2.05, 4.69) is 5.32 Å². The van der Waals surface area contributed by atoms with Gasteiger partial charge >= 0.3 is 5.97 Å². The summed E-state index contributed by atoms with van der Waals surface area (Å²) in [7, 11) is 0. The Bertz CT molecular complexity index is 531. The first-order valence-corrected chi connectivity index (χ1v) is 8.97. The molecule has 1 aromatic heterocycles. The van der Waals surface area contributed by atoms with Crippen LogP contribution in [0.25, 0.3) is 0 Å². The molecule has 3 unspecified atom stereocenters. The van der Waals surface area contributed by atoms with Crippen LogP contribution in [-0.2, 0) is 9.59 Å². The smallest absolute Gasteiger partial charge is 0.308 e. The molecule has 0 aromatic carbocycles. The molecular weight excluding hydrogens is 322 g/mol. The van der Waals surface area contributed by atoms with Crippen LogP contribution in [-0.4, -0.2) is 23.0 Å². The molecule has 122 valence electrons. The lowest BCUT2D eigenvalue weighted by atomic mass is 9.86. The van der Waals surface area contributed by atoms with Crippen molar-refractivity contribution in [1.82, 2.24) is 5.32 Å². The zero-order chi connectivity index (χ0) is 16.1. The first-order valence-electron chi connectivity index (χ1n) is 7.77. The maximum Gasteiger partial charge on any atom is 0.308 e. The topological polar surface area (TPSA) is 66.4 Å². The molecule has 1 amide bonds. The van der Waals surface area contributed by atoms with Crippen LogP contribution in [0.2, 0.25) is 4.34 Å². The summed E-state index contributed by atoms with van der Waals surface area (Å²) in [5, 5.41) is 12.4. The molecule has 0 spiro atoms. The highest BCUT2D eigenvalue weighted by molar-refractivity contribution is 7.16. The van der Waals surface area contributed by atoms with Gasteiger partial charge in [-0.1, -0.05) is 37.3 Å². The van der Waals surface area contributed by atoms with E-state index in [1.165, 1.54) is 11.3 Å². The monoisotopic (exact) mass is 343 g/mol. The molecule has 0 radical (unpaired) electrons. The van der Waals surface area contributed by atoms with Gasteiger partial charge in [0.25, 0.3) is 0 Å². The molecule has 2 N–H and O–H groups in total. The third kappa shape index (κ3) is 4.46. The molecule has 3 atom stereocenters. The van der Waals surface area contributed by atoms with Crippen molar-refractivity contribution in [1.29, 1.82) is 0 Å². The molecule has 0 aliphatic heterocycles. The third-order valence-electron chi connectivity index (χ3n) is 4.32. The predicted octanol–water partition coefficient (Wildman–Crippen LogP) is 4.04. The molecule has 0 saturated heterocycles. The van der Waals surface area contributed by atoms with Crippen molar-refractivity contribution >= 4 is 34.8 Å². The molecule has 1 fully saturated rings. The maximum atomic E-state index is 12.4. The van der Waals surface area contributed by atoms with Gasteiger partial charge in [0, 0.05) is 10.9 Å². The number of hydrogen-bond acceptors (Lipinski definition) is 3. The zero-order valence-electron chi connectivity index (χ0n) is 12.7. The second-order valence-corrected chi connectivity index (χ2v) is 7.66. The van der Waals surface area contributed by atoms with Gasteiger partial charge in [-0.3, -0.25) is 9.59 Å². The van der Waals surface area contributed by atoms with Crippen LogP contribution in [0.5, 0.6) is 0 Å². The number of carboxylic acid groups (broad SMARTS) is 1. The van der Waals surface area contributed by atoms with Crippen molar-refractivity contribution in [3.63, 3.8) is 0 Å². The number of hydrogen-bond donors (Lipinski definition) is 2. The van der Waals surface area contributed by atoms with E-state index in [4.69, 9.17) is 11.6 Å². The third-order valence-corrected chi connectivity index (χ3v) is 5.74. The maximum absolute atomic E-state index is 12.4. The molecule has 1 aliphatic rings. The molecule has 0 bridgehead atoms. The largest absolute Gasteiger partial charge is 0.481 e. The summed E-state index contributed by atoms with van der Waals surface area (Å²) < 4.78 is 0.656. The number of thiophene rings is 1. The SMILES string of the molecule is CC(C(=O)NC1CCCCCCC1C(=O)O)c1ccc(Cl)s1. The van der Waals surface area contributed by atoms with Crippen LogP contribution in [0.3, 0.4) is 0 Å². The lowest BCUT2D eigenvalue weighted by Crippen LogP contribution is -2.45. The van der Waals surface area contributed by atoms with Crippen molar-refractivity contribution in [3.05, 3.63) is 21.3 Å². The molecule has 1 heterocycles. The van der Waals surface area contributed by atoms with Gasteiger partial charge < -0.3 is 10.4 Å². The van der Waals surface area contributed by atoms with Gasteiger partial charge in [0.05, 0.1) is 16.2 Å². The fraction of sp³-hybridized carbons (Fsp3) is 0.625. The Hall–Kier alpha value is -1.07. The lowest BCUT2D eigenvalue weighted by Gasteiger charge is -2.28. The van der Waals surface area contributed by atoms with Crippen LogP contribution in [0.4, 0.5) is 0 Å². The van der Waals surface area contributed by atoms with Gasteiger partial charge in [-0.2, -0.15) is 0 Å². The molecule has 1 saturated carbocycles. The van der Waals surface area contributed by atoms with E-state index < -0.39 is 11.9 Å². The fourth-order valence-corrected chi connectivity index (χ4v) is 4.06. The number of halogens is 1. The van der Waals surface area contributed by atoms with Crippen LogP contribution < -0.4 is 5.32 Å². The van der Waals surface area contributed by atoms with Crippen molar-refractivity contribution in [3.8, 4) is 0 Å². The normalized spacial score (nSPS) is 24.1. The summed E-state index contributed by atoms with van der Waals surface area (Å²) in [6.07, 6.45) is 5.44. The second-order valence-electron chi connectivity index (χ2n) is 5.91.